The fraction of sp³-hybridized carbons (Fsp3) is 0.238. The molecule has 3 rings (SSSR count). The van der Waals surface area contributed by atoms with Crippen LogP contribution in [0.15, 0.2) is 65.6 Å². The molecule has 0 unspecified atom stereocenters. The second kappa shape index (κ2) is 7.34. The third kappa shape index (κ3) is 3.79. The van der Waals surface area contributed by atoms with Crippen LogP contribution in [-0.4, -0.2) is 10.5 Å². The van der Waals surface area contributed by atoms with Crippen LogP contribution < -0.4 is 10.9 Å². The van der Waals surface area contributed by atoms with Crippen LogP contribution in [0.5, 0.6) is 0 Å². The molecule has 1 atom stereocenters. The Kier molecular flexibility index (Phi) is 4.98. The third-order valence-electron chi connectivity index (χ3n) is 4.58. The van der Waals surface area contributed by atoms with Gasteiger partial charge in [-0.15, -0.1) is 0 Å². The van der Waals surface area contributed by atoms with E-state index in [4.69, 9.17) is 0 Å². The van der Waals surface area contributed by atoms with E-state index in [0.717, 1.165) is 17.5 Å². The van der Waals surface area contributed by atoms with Gasteiger partial charge >= 0.3 is 0 Å². The van der Waals surface area contributed by atoms with Crippen LogP contribution >= 0.6 is 0 Å². The summed E-state index contributed by atoms with van der Waals surface area (Å²) in [6.07, 6.45) is 2.74. The number of amides is 1. The van der Waals surface area contributed by atoms with Crippen molar-refractivity contribution in [2.24, 2.45) is 0 Å². The average molecular weight is 334 g/mol. The second-order valence-corrected chi connectivity index (χ2v) is 6.32. The number of hydrogen-bond acceptors (Lipinski definition) is 2. The molecule has 0 spiro atoms. The fourth-order valence-electron chi connectivity index (χ4n) is 2.84. The summed E-state index contributed by atoms with van der Waals surface area (Å²) in [6, 6.07) is 17.1. The molecular formula is C21H22N2O2. The highest BCUT2D eigenvalue weighted by Gasteiger charge is 2.08. The van der Waals surface area contributed by atoms with Crippen molar-refractivity contribution >= 4 is 22.4 Å². The molecule has 0 aliphatic rings. The first-order valence-corrected chi connectivity index (χ1v) is 8.56. The van der Waals surface area contributed by atoms with E-state index in [-0.39, 0.29) is 18.0 Å². The van der Waals surface area contributed by atoms with Crippen LogP contribution in [0.1, 0.15) is 31.7 Å². The van der Waals surface area contributed by atoms with Gasteiger partial charge in [0.1, 0.15) is 6.54 Å². The molecule has 4 nitrogen and oxygen atoms in total. The quantitative estimate of drug-likeness (QED) is 0.762. The minimum absolute atomic E-state index is 0.00319. The summed E-state index contributed by atoms with van der Waals surface area (Å²) in [6.45, 7) is 4.33. The lowest BCUT2D eigenvalue weighted by atomic mass is 9.99. The molecule has 1 N–H and O–H groups in total. The van der Waals surface area contributed by atoms with Crippen LogP contribution in [0, 0.1) is 0 Å². The van der Waals surface area contributed by atoms with Gasteiger partial charge in [0.15, 0.2) is 0 Å². The van der Waals surface area contributed by atoms with Crippen molar-refractivity contribution in [3.63, 3.8) is 0 Å². The number of hydrogen-bond donors (Lipinski definition) is 1. The number of nitrogens with zero attached hydrogens (tertiary/aromatic N) is 1. The first-order chi connectivity index (χ1) is 12.1. The first kappa shape index (κ1) is 17.0. The van der Waals surface area contributed by atoms with Crippen molar-refractivity contribution in [3.05, 3.63) is 76.7 Å². The third-order valence-corrected chi connectivity index (χ3v) is 4.58. The Morgan fingerprint density at radius 1 is 1.08 bits per heavy atom. The Morgan fingerprint density at radius 3 is 2.52 bits per heavy atom. The zero-order valence-corrected chi connectivity index (χ0v) is 14.5. The lowest BCUT2D eigenvalue weighted by molar-refractivity contribution is -0.116. The number of carbonyl (C=O) groups excluding carboxylic acids is 1. The average Bonchev–Trinajstić information content (AvgIpc) is 2.64. The van der Waals surface area contributed by atoms with Gasteiger partial charge < -0.3 is 9.88 Å². The first-order valence-electron chi connectivity index (χ1n) is 8.56. The maximum absolute atomic E-state index is 12.5. The lowest BCUT2D eigenvalue weighted by Crippen LogP contribution is -2.27. The Morgan fingerprint density at radius 2 is 1.80 bits per heavy atom. The van der Waals surface area contributed by atoms with Crippen molar-refractivity contribution in [1.29, 1.82) is 0 Å². The highest BCUT2D eigenvalue weighted by atomic mass is 16.2. The molecule has 1 heterocycles. The summed E-state index contributed by atoms with van der Waals surface area (Å²) in [4.78, 5) is 24.7. The van der Waals surface area contributed by atoms with Crippen molar-refractivity contribution in [2.75, 3.05) is 5.32 Å². The molecule has 25 heavy (non-hydrogen) atoms. The molecule has 0 aliphatic heterocycles. The largest absolute Gasteiger partial charge is 0.325 e. The Bertz CT molecular complexity index is 942. The predicted molar refractivity (Wildman–Crippen MR) is 102 cm³/mol. The van der Waals surface area contributed by atoms with Crippen molar-refractivity contribution in [1.82, 2.24) is 4.57 Å². The molecule has 4 heteroatoms. The molecule has 0 aliphatic carbocycles. The number of aromatic nitrogens is 1. The molecule has 0 fully saturated rings. The zero-order valence-electron chi connectivity index (χ0n) is 14.5. The molecule has 0 bridgehead atoms. The van der Waals surface area contributed by atoms with Gasteiger partial charge in [-0.05, 0) is 47.6 Å². The van der Waals surface area contributed by atoms with E-state index < -0.39 is 0 Å². The minimum Gasteiger partial charge on any atom is -0.325 e. The van der Waals surface area contributed by atoms with Crippen LogP contribution in [0.3, 0.4) is 0 Å². The van der Waals surface area contributed by atoms with Gasteiger partial charge in [0, 0.05) is 17.3 Å². The molecule has 2 aromatic carbocycles. The van der Waals surface area contributed by atoms with Gasteiger partial charge in [-0.3, -0.25) is 9.59 Å². The van der Waals surface area contributed by atoms with E-state index in [1.165, 1.54) is 10.1 Å². The SMILES string of the molecule is CC[C@H](C)c1ccc(NC(=O)Cn2ccc3ccccc3c2=O)cc1. The summed E-state index contributed by atoms with van der Waals surface area (Å²) < 4.78 is 1.44. The standard InChI is InChI=1S/C21H22N2O2/c1-3-15(2)16-8-10-18(11-9-16)22-20(24)14-23-13-12-17-6-4-5-7-19(17)21(23)25/h4-13,15H,3,14H2,1-2H3,(H,22,24)/t15-/m0/s1. The van der Waals surface area contributed by atoms with Gasteiger partial charge in [0.25, 0.3) is 5.56 Å². The number of carbonyl (C=O) groups is 1. The maximum Gasteiger partial charge on any atom is 0.258 e. The van der Waals surface area contributed by atoms with Crippen LogP contribution in [0.25, 0.3) is 10.8 Å². The summed E-state index contributed by atoms with van der Waals surface area (Å²) >= 11 is 0. The van der Waals surface area contributed by atoms with E-state index in [1.807, 2.05) is 48.5 Å². The number of rotatable bonds is 5. The molecular weight excluding hydrogens is 312 g/mol. The topological polar surface area (TPSA) is 51.1 Å². The van der Waals surface area contributed by atoms with Gasteiger partial charge in [-0.1, -0.05) is 44.2 Å². The van der Waals surface area contributed by atoms with Gasteiger partial charge in [-0.25, -0.2) is 0 Å². The smallest absolute Gasteiger partial charge is 0.258 e. The minimum atomic E-state index is -0.214. The van der Waals surface area contributed by atoms with E-state index in [9.17, 15) is 9.59 Å². The van der Waals surface area contributed by atoms with Crippen molar-refractivity contribution in [2.45, 2.75) is 32.7 Å². The van der Waals surface area contributed by atoms with E-state index in [1.54, 1.807) is 12.3 Å². The summed E-state index contributed by atoms with van der Waals surface area (Å²) in [5.74, 6) is 0.287. The number of anilines is 1. The Balaban J connectivity index is 1.72. The van der Waals surface area contributed by atoms with Crippen LogP contribution in [0.2, 0.25) is 0 Å². The Hall–Kier alpha value is -2.88. The molecule has 0 saturated carbocycles. The monoisotopic (exact) mass is 334 g/mol. The highest BCUT2D eigenvalue weighted by Crippen LogP contribution is 2.20. The summed E-state index contributed by atoms with van der Waals surface area (Å²) in [5.41, 5.74) is 1.84. The van der Waals surface area contributed by atoms with Crippen LogP contribution in [0.4, 0.5) is 5.69 Å². The van der Waals surface area contributed by atoms with Crippen molar-refractivity contribution in [3.8, 4) is 0 Å². The fourth-order valence-corrected chi connectivity index (χ4v) is 2.84. The molecule has 0 radical (unpaired) electrons. The van der Waals surface area contributed by atoms with Gasteiger partial charge in [-0.2, -0.15) is 0 Å². The summed E-state index contributed by atoms with van der Waals surface area (Å²) in [7, 11) is 0. The second-order valence-electron chi connectivity index (χ2n) is 6.32. The van der Waals surface area contributed by atoms with Crippen LogP contribution in [-0.2, 0) is 11.3 Å². The Labute approximate surface area is 147 Å². The molecule has 1 aromatic heterocycles. The van der Waals surface area contributed by atoms with E-state index in [0.29, 0.717) is 11.3 Å². The number of benzene rings is 2. The van der Waals surface area contributed by atoms with Gasteiger partial charge in [0.2, 0.25) is 5.91 Å². The van der Waals surface area contributed by atoms with Gasteiger partial charge in [0.05, 0.1) is 0 Å². The highest BCUT2D eigenvalue weighted by molar-refractivity contribution is 5.91. The van der Waals surface area contributed by atoms with E-state index in [2.05, 4.69) is 19.2 Å². The molecule has 3 aromatic rings. The number of fused-ring (bicyclic) bond motifs is 1. The molecule has 128 valence electrons. The lowest BCUT2D eigenvalue weighted by Gasteiger charge is -2.11. The summed E-state index contributed by atoms with van der Waals surface area (Å²) in [5, 5.41) is 4.35. The van der Waals surface area contributed by atoms with Crippen molar-refractivity contribution < 1.29 is 4.79 Å². The number of nitrogens with one attached hydrogen (secondary N) is 1. The molecule has 1 amide bonds. The van der Waals surface area contributed by atoms with E-state index >= 15 is 0 Å². The number of pyridine rings is 1. The predicted octanol–water partition coefficient (Wildman–Crippen LogP) is 4.15. The molecule has 0 saturated heterocycles. The zero-order chi connectivity index (χ0) is 17.8. The normalized spacial score (nSPS) is 12.1. The maximum atomic E-state index is 12.5.